The summed E-state index contributed by atoms with van der Waals surface area (Å²) in [6.45, 7) is 4.00. The van der Waals surface area contributed by atoms with Crippen molar-refractivity contribution in [2.75, 3.05) is 21.3 Å². The van der Waals surface area contributed by atoms with Crippen LogP contribution in [0.5, 0.6) is 17.2 Å². The molecule has 5 heteroatoms. The van der Waals surface area contributed by atoms with Crippen LogP contribution in [0.4, 0.5) is 11.4 Å². The summed E-state index contributed by atoms with van der Waals surface area (Å²) < 4.78 is 15.9. The van der Waals surface area contributed by atoms with Gasteiger partial charge >= 0.3 is 0 Å². The van der Waals surface area contributed by atoms with Crippen LogP contribution in [0.3, 0.4) is 0 Å². The number of rotatable bonds is 5. The van der Waals surface area contributed by atoms with E-state index in [0.717, 1.165) is 16.9 Å². The van der Waals surface area contributed by atoms with Crippen LogP contribution in [0.25, 0.3) is 0 Å². The Hall–Kier alpha value is -2.56. The van der Waals surface area contributed by atoms with Crippen LogP contribution in [-0.2, 0) is 0 Å². The first kappa shape index (κ1) is 15.8. The van der Waals surface area contributed by atoms with Crippen LogP contribution in [0.1, 0.15) is 11.1 Å². The molecule has 0 aromatic heterocycles. The van der Waals surface area contributed by atoms with Crippen molar-refractivity contribution >= 4 is 11.4 Å². The third-order valence-electron chi connectivity index (χ3n) is 3.26. The van der Waals surface area contributed by atoms with Gasteiger partial charge in [0, 0.05) is 6.07 Å². The number of azo groups is 1. The van der Waals surface area contributed by atoms with Gasteiger partial charge in [0.1, 0.15) is 28.6 Å². The van der Waals surface area contributed by atoms with Gasteiger partial charge in [-0.05, 0) is 43.2 Å². The molecule has 0 fully saturated rings. The topological polar surface area (TPSA) is 52.4 Å². The van der Waals surface area contributed by atoms with Crippen LogP contribution in [0.15, 0.2) is 40.6 Å². The van der Waals surface area contributed by atoms with Crippen molar-refractivity contribution in [2.45, 2.75) is 13.8 Å². The van der Waals surface area contributed by atoms with Gasteiger partial charge < -0.3 is 14.2 Å². The number of benzene rings is 2. The summed E-state index contributed by atoms with van der Waals surface area (Å²) in [7, 11) is 4.83. The second kappa shape index (κ2) is 6.93. The van der Waals surface area contributed by atoms with E-state index in [4.69, 9.17) is 14.2 Å². The number of hydrogen-bond donors (Lipinski definition) is 0. The number of aryl methyl sites for hydroxylation is 2. The lowest BCUT2D eigenvalue weighted by molar-refractivity contribution is 0.395. The van der Waals surface area contributed by atoms with Crippen molar-refractivity contribution in [3.05, 3.63) is 41.5 Å². The maximum Gasteiger partial charge on any atom is 0.150 e. The first-order chi connectivity index (χ1) is 10.6. The minimum atomic E-state index is 0.603. The van der Waals surface area contributed by atoms with Crippen molar-refractivity contribution in [2.24, 2.45) is 10.2 Å². The van der Waals surface area contributed by atoms with Crippen LogP contribution in [-0.4, -0.2) is 21.3 Å². The van der Waals surface area contributed by atoms with E-state index in [9.17, 15) is 0 Å². The molecule has 0 spiro atoms. The average molecular weight is 300 g/mol. The molecule has 0 N–H and O–H groups in total. The third-order valence-corrected chi connectivity index (χ3v) is 3.26. The third kappa shape index (κ3) is 3.36. The molecule has 0 heterocycles. The molecule has 0 atom stereocenters. The molecule has 116 valence electrons. The van der Waals surface area contributed by atoms with Crippen molar-refractivity contribution < 1.29 is 14.2 Å². The normalized spacial score (nSPS) is 10.8. The number of hydrogen-bond acceptors (Lipinski definition) is 5. The lowest BCUT2D eigenvalue weighted by Gasteiger charge is -2.09. The van der Waals surface area contributed by atoms with E-state index < -0.39 is 0 Å². The number of ether oxygens (including phenoxy) is 3. The molecular formula is C17H20N2O3. The molecule has 0 aliphatic heterocycles. The fourth-order valence-electron chi connectivity index (χ4n) is 2.25. The summed E-state index contributed by atoms with van der Waals surface area (Å²) in [5.74, 6) is 2.04. The van der Waals surface area contributed by atoms with Crippen molar-refractivity contribution in [3.8, 4) is 17.2 Å². The second-order valence-electron chi connectivity index (χ2n) is 4.87. The summed E-state index contributed by atoms with van der Waals surface area (Å²) in [5.41, 5.74) is 3.45. The fourth-order valence-corrected chi connectivity index (χ4v) is 2.25. The number of methoxy groups -OCH3 is 3. The summed E-state index contributed by atoms with van der Waals surface area (Å²) in [4.78, 5) is 0. The molecule has 2 aromatic carbocycles. The minimum Gasteiger partial charge on any atom is -0.497 e. The van der Waals surface area contributed by atoms with Crippen molar-refractivity contribution in [3.63, 3.8) is 0 Å². The quantitative estimate of drug-likeness (QED) is 0.749. The molecule has 0 unspecified atom stereocenters. The van der Waals surface area contributed by atoms with Gasteiger partial charge in [0.2, 0.25) is 0 Å². The molecule has 5 nitrogen and oxygen atoms in total. The molecule has 0 amide bonds. The largest absolute Gasteiger partial charge is 0.497 e. The summed E-state index contributed by atoms with van der Waals surface area (Å²) in [6, 6.07) is 9.37. The van der Waals surface area contributed by atoms with Crippen LogP contribution >= 0.6 is 0 Å². The SMILES string of the molecule is COc1ccc(N=Nc2cc(C)cc(C)c2OC)c(OC)c1. The molecule has 0 saturated carbocycles. The van der Waals surface area contributed by atoms with Gasteiger partial charge in [-0.15, -0.1) is 10.2 Å². The van der Waals surface area contributed by atoms with Gasteiger partial charge in [-0.1, -0.05) is 6.07 Å². The highest BCUT2D eigenvalue weighted by atomic mass is 16.5. The minimum absolute atomic E-state index is 0.603. The molecule has 0 saturated heterocycles. The first-order valence-electron chi connectivity index (χ1n) is 6.88. The Balaban J connectivity index is 2.41. The average Bonchev–Trinajstić information content (AvgIpc) is 2.52. The first-order valence-corrected chi connectivity index (χ1v) is 6.88. The van der Waals surface area contributed by atoms with Gasteiger partial charge in [-0.25, -0.2) is 0 Å². The molecule has 22 heavy (non-hydrogen) atoms. The standard InChI is InChI=1S/C17H20N2O3/c1-11-8-12(2)17(22-5)15(9-11)19-18-14-7-6-13(20-3)10-16(14)21-4/h6-10H,1-5H3. The van der Waals surface area contributed by atoms with E-state index in [0.29, 0.717) is 22.9 Å². The molecule has 2 aromatic rings. The lowest BCUT2D eigenvalue weighted by Crippen LogP contribution is -1.89. The van der Waals surface area contributed by atoms with Crippen molar-refractivity contribution in [1.29, 1.82) is 0 Å². The van der Waals surface area contributed by atoms with E-state index in [2.05, 4.69) is 10.2 Å². The van der Waals surface area contributed by atoms with Gasteiger partial charge in [0.05, 0.1) is 21.3 Å². The Morgan fingerprint density at radius 1 is 0.773 bits per heavy atom. The smallest absolute Gasteiger partial charge is 0.150 e. The molecule has 2 rings (SSSR count). The Kier molecular flexibility index (Phi) is 4.99. The fraction of sp³-hybridized carbons (Fsp3) is 0.294. The highest BCUT2D eigenvalue weighted by Gasteiger charge is 2.08. The molecule has 0 aliphatic rings. The highest BCUT2D eigenvalue weighted by Crippen LogP contribution is 2.36. The predicted molar refractivity (Wildman–Crippen MR) is 86.2 cm³/mol. The summed E-state index contributed by atoms with van der Waals surface area (Å²) in [6.07, 6.45) is 0. The maximum atomic E-state index is 5.41. The van der Waals surface area contributed by atoms with E-state index in [1.807, 2.05) is 32.0 Å². The van der Waals surface area contributed by atoms with Gasteiger partial charge in [0.25, 0.3) is 0 Å². The maximum absolute atomic E-state index is 5.41. The van der Waals surface area contributed by atoms with E-state index in [1.165, 1.54) is 0 Å². The summed E-state index contributed by atoms with van der Waals surface area (Å²) >= 11 is 0. The predicted octanol–water partition coefficient (Wildman–Crippen LogP) is 4.74. The zero-order valence-electron chi connectivity index (χ0n) is 13.5. The van der Waals surface area contributed by atoms with E-state index >= 15 is 0 Å². The zero-order chi connectivity index (χ0) is 16.1. The molecule has 0 aliphatic carbocycles. The van der Waals surface area contributed by atoms with E-state index in [1.54, 1.807) is 33.5 Å². The number of nitrogens with zero attached hydrogens (tertiary/aromatic N) is 2. The molecule has 0 bridgehead atoms. The monoisotopic (exact) mass is 300 g/mol. The van der Waals surface area contributed by atoms with Gasteiger partial charge in [-0.2, -0.15) is 0 Å². The van der Waals surface area contributed by atoms with Gasteiger partial charge in [0.15, 0.2) is 0 Å². The van der Waals surface area contributed by atoms with Crippen LogP contribution < -0.4 is 14.2 Å². The highest BCUT2D eigenvalue weighted by molar-refractivity contribution is 5.59. The lowest BCUT2D eigenvalue weighted by atomic mass is 10.1. The second-order valence-corrected chi connectivity index (χ2v) is 4.87. The van der Waals surface area contributed by atoms with Crippen LogP contribution in [0.2, 0.25) is 0 Å². The summed E-state index contributed by atoms with van der Waals surface area (Å²) in [5, 5.41) is 8.59. The zero-order valence-corrected chi connectivity index (χ0v) is 13.5. The Morgan fingerprint density at radius 3 is 2.14 bits per heavy atom. The van der Waals surface area contributed by atoms with Gasteiger partial charge in [-0.3, -0.25) is 0 Å². The molecule has 0 radical (unpaired) electrons. The Labute approximate surface area is 130 Å². The van der Waals surface area contributed by atoms with Crippen molar-refractivity contribution in [1.82, 2.24) is 0 Å². The van der Waals surface area contributed by atoms with E-state index in [-0.39, 0.29) is 0 Å². The Bertz CT molecular complexity index is 697. The molecular weight excluding hydrogens is 280 g/mol. The van der Waals surface area contributed by atoms with Crippen LogP contribution in [0, 0.1) is 13.8 Å². The Morgan fingerprint density at radius 2 is 1.50 bits per heavy atom.